The quantitative estimate of drug-likeness (QED) is 0.718. The summed E-state index contributed by atoms with van der Waals surface area (Å²) in [6.45, 7) is 4.06. The SMILES string of the molecule is CC1(C)CC(=O)C2=C(C1)Nc1[nH]c(=O)[nH]c(=O)c1[C@@H]2c1ccc(Cl)cc1. The molecule has 1 aliphatic carbocycles. The minimum atomic E-state index is -0.582. The van der Waals surface area contributed by atoms with Crippen LogP contribution in [0, 0.1) is 5.41 Å². The third kappa shape index (κ3) is 2.70. The number of fused-ring (bicyclic) bond motifs is 1. The van der Waals surface area contributed by atoms with E-state index in [1.165, 1.54) is 0 Å². The number of nitrogens with one attached hydrogen (secondary N) is 3. The molecule has 0 saturated heterocycles. The summed E-state index contributed by atoms with van der Waals surface area (Å²) in [5.74, 6) is -0.175. The molecule has 134 valence electrons. The van der Waals surface area contributed by atoms with Crippen LogP contribution in [-0.2, 0) is 4.79 Å². The van der Waals surface area contributed by atoms with E-state index in [0.717, 1.165) is 11.3 Å². The Morgan fingerprint density at radius 1 is 1.04 bits per heavy atom. The first-order valence-corrected chi connectivity index (χ1v) is 8.78. The topological polar surface area (TPSA) is 94.8 Å². The number of carbonyl (C=O) groups is 1. The van der Waals surface area contributed by atoms with Gasteiger partial charge in [-0.25, -0.2) is 4.79 Å². The molecule has 1 aromatic carbocycles. The third-order valence-electron chi connectivity index (χ3n) is 4.96. The van der Waals surface area contributed by atoms with E-state index in [4.69, 9.17) is 11.6 Å². The zero-order valence-corrected chi connectivity index (χ0v) is 15.2. The number of anilines is 1. The van der Waals surface area contributed by atoms with Gasteiger partial charge in [-0.15, -0.1) is 0 Å². The smallest absolute Gasteiger partial charge is 0.327 e. The monoisotopic (exact) mass is 371 g/mol. The Bertz CT molecular complexity index is 1060. The minimum Gasteiger partial charge on any atom is -0.344 e. The number of hydrogen-bond acceptors (Lipinski definition) is 4. The Morgan fingerprint density at radius 3 is 2.42 bits per heavy atom. The van der Waals surface area contributed by atoms with Crippen molar-refractivity contribution in [3.8, 4) is 0 Å². The molecule has 2 aromatic rings. The molecule has 1 atom stereocenters. The van der Waals surface area contributed by atoms with E-state index in [0.29, 0.717) is 34.8 Å². The maximum atomic E-state index is 13.0. The van der Waals surface area contributed by atoms with Gasteiger partial charge in [0.1, 0.15) is 5.82 Å². The van der Waals surface area contributed by atoms with Crippen molar-refractivity contribution in [1.82, 2.24) is 9.97 Å². The highest BCUT2D eigenvalue weighted by Gasteiger charge is 2.42. The normalized spacial score (nSPS) is 21.0. The molecule has 4 rings (SSSR count). The maximum Gasteiger partial charge on any atom is 0.327 e. The molecule has 0 amide bonds. The van der Waals surface area contributed by atoms with Gasteiger partial charge in [0.2, 0.25) is 0 Å². The summed E-state index contributed by atoms with van der Waals surface area (Å²) >= 11 is 6.00. The molecule has 0 saturated carbocycles. The van der Waals surface area contributed by atoms with Crippen molar-refractivity contribution in [3.63, 3.8) is 0 Å². The lowest BCUT2D eigenvalue weighted by molar-refractivity contribution is -0.118. The van der Waals surface area contributed by atoms with Crippen LogP contribution in [0.2, 0.25) is 5.02 Å². The van der Waals surface area contributed by atoms with E-state index in [-0.39, 0.29) is 11.2 Å². The molecule has 3 N–H and O–H groups in total. The molecule has 7 heteroatoms. The Hall–Kier alpha value is -2.60. The first kappa shape index (κ1) is 16.8. The predicted octanol–water partition coefficient (Wildman–Crippen LogP) is 2.92. The van der Waals surface area contributed by atoms with Gasteiger partial charge in [-0.1, -0.05) is 37.6 Å². The molecule has 26 heavy (non-hydrogen) atoms. The van der Waals surface area contributed by atoms with Crippen LogP contribution >= 0.6 is 11.6 Å². The largest absolute Gasteiger partial charge is 0.344 e. The second-order valence-electron chi connectivity index (χ2n) is 7.64. The molecular formula is C19H18ClN3O3. The lowest BCUT2D eigenvalue weighted by Gasteiger charge is -2.38. The molecule has 0 bridgehead atoms. The highest BCUT2D eigenvalue weighted by molar-refractivity contribution is 6.30. The van der Waals surface area contributed by atoms with Gasteiger partial charge >= 0.3 is 5.69 Å². The lowest BCUT2D eigenvalue weighted by atomic mass is 9.69. The molecule has 0 unspecified atom stereocenters. The Morgan fingerprint density at radius 2 is 1.73 bits per heavy atom. The van der Waals surface area contributed by atoms with Gasteiger partial charge in [-0.05, 0) is 29.5 Å². The fourth-order valence-electron chi connectivity index (χ4n) is 3.94. The number of allylic oxidation sites excluding steroid dienone is 2. The first-order valence-electron chi connectivity index (χ1n) is 8.40. The van der Waals surface area contributed by atoms with E-state index in [1.54, 1.807) is 12.1 Å². The van der Waals surface area contributed by atoms with Crippen LogP contribution in [0.4, 0.5) is 5.82 Å². The Balaban J connectivity index is 2.00. The highest BCUT2D eigenvalue weighted by Crippen LogP contribution is 2.47. The number of benzene rings is 1. The highest BCUT2D eigenvalue weighted by atomic mass is 35.5. The van der Waals surface area contributed by atoms with Crippen molar-refractivity contribution in [2.75, 3.05) is 5.32 Å². The van der Waals surface area contributed by atoms with Crippen molar-refractivity contribution in [2.45, 2.75) is 32.6 Å². The van der Waals surface area contributed by atoms with Crippen LogP contribution < -0.4 is 16.6 Å². The molecule has 1 aromatic heterocycles. The minimum absolute atomic E-state index is 0.0138. The van der Waals surface area contributed by atoms with Crippen molar-refractivity contribution in [1.29, 1.82) is 0 Å². The molecular weight excluding hydrogens is 354 g/mol. The Kier molecular flexibility index (Phi) is 3.70. The van der Waals surface area contributed by atoms with Crippen molar-refractivity contribution < 1.29 is 4.79 Å². The summed E-state index contributed by atoms with van der Waals surface area (Å²) in [7, 11) is 0. The van der Waals surface area contributed by atoms with Crippen molar-refractivity contribution in [2.24, 2.45) is 5.41 Å². The third-order valence-corrected chi connectivity index (χ3v) is 5.21. The van der Waals surface area contributed by atoms with Crippen LogP contribution in [0.15, 0.2) is 45.1 Å². The van der Waals surface area contributed by atoms with E-state index in [2.05, 4.69) is 15.3 Å². The van der Waals surface area contributed by atoms with E-state index in [9.17, 15) is 14.4 Å². The second kappa shape index (κ2) is 5.71. The maximum absolute atomic E-state index is 13.0. The summed E-state index contributed by atoms with van der Waals surface area (Å²) in [6, 6.07) is 7.08. The number of carbonyl (C=O) groups excluding carboxylic acids is 1. The molecule has 1 aliphatic heterocycles. The van der Waals surface area contributed by atoms with Gasteiger partial charge in [0, 0.05) is 28.6 Å². The number of ketones is 1. The number of rotatable bonds is 1. The summed E-state index contributed by atoms with van der Waals surface area (Å²) < 4.78 is 0. The van der Waals surface area contributed by atoms with Gasteiger partial charge in [-0.3, -0.25) is 19.6 Å². The summed E-state index contributed by atoms with van der Waals surface area (Å²) in [6.07, 6.45) is 1.07. The fourth-order valence-corrected chi connectivity index (χ4v) is 4.06. The van der Waals surface area contributed by atoms with E-state index in [1.807, 2.05) is 26.0 Å². The lowest BCUT2D eigenvalue weighted by Crippen LogP contribution is -2.38. The van der Waals surface area contributed by atoms with Gasteiger partial charge in [-0.2, -0.15) is 0 Å². The molecule has 6 nitrogen and oxygen atoms in total. The number of hydrogen-bond donors (Lipinski definition) is 3. The second-order valence-corrected chi connectivity index (χ2v) is 8.08. The Labute approximate surface area is 154 Å². The predicted molar refractivity (Wildman–Crippen MR) is 99.6 cm³/mol. The zero-order valence-electron chi connectivity index (χ0n) is 14.4. The van der Waals surface area contributed by atoms with E-state index >= 15 is 0 Å². The van der Waals surface area contributed by atoms with Crippen LogP contribution in [0.1, 0.15) is 43.7 Å². The average molecular weight is 372 g/mol. The van der Waals surface area contributed by atoms with E-state index < -0.39 is 17.2 Å². The van der Waals surface area contributed by atoms with Gasteiger partial charge in [0.15, 0.2) is 5.78 Å². The number of halogens is 1. The van der Waals surface area contributed by atoms with Crippen molar-refractivity contribution in [3.05, 3.63) is 72.5 Å². The van der Waals surface area contributed by atoms with Gasteiger partial charge in [0.25, 0.3) is 5.56 Å². The molecule has 0 fully saturated rings. The van der Waals surface area contributed by atoms with Crippen LogP contribution in [-0.4, -0.2) is 15.8 Å². The number of aromatic nitrogens is 2. The standard InChI is InChI=1S/C19H18ClN3O3/c1-19(2)7-11-14(12(24)8-19)13(9-3-5-10(20)6-4-9)15-16(21-11)22-18(26)23-17(15)25/h3-6,13H,7-8H2,1-2H3,(H3,21,22,23,25,26)/t13-/m1/s1. The number of Topliss-reactive ketones (excluding diaryl/α,β-unsaturated/α-hetero) is 1. The molecule has 0 radical (unpaired) electrons. The summed E-state index contributed by atoms with van der Waals surface area (Å²) in [5.41, 5.74) is 1.22. The molecule has 2 heterocycles. The van der Waals surface area contributed by atoms with Crippen LogP contribution in [0.25, 0.3) is 0 Å². The van der Waals surface area contributed by atoms with Gasteiger partial charge in [0.05, 0.1) is 5.56 Å². The van der Waals surface area contributed by atoms with Crippen LogP contribution in [0.3, 0.4) is 0 Å². The first-order chi connectivity index (χ1) is 12.2. The molecule has 0 spiro atoms. The van der Waals surface area contributed by atoms with Gasteiger partial charge < -0.3 is 5.32 Å². The summed E-state index contributed by atoms with van der Waals surface area (Å²) in [5, 5.41) is 3.71. The average Bonchev–Trinajstić information content (AvgIpc) is 2.52. The fraction of sp³-hybridized carbons (Fsp3) is 0.316. The van der Waals surface area contributed by atoms with Crippen LogP contribution in [0.5, 0.6) is 0 Å². The number of aromatic amines is 2. The summed E-state index contributed by atoms with van der Waals surface area (Å²) in [4.78, 5) is 42.2. The van der Waals surface area contributed by atoms with Crippen molar-refractivity contribution >= 4 is 23.2 Å². The molecule has 2 aliphatic rings. The zero-order chi connectivity index (χ0) is 18.6. The number of H-pyrrole nitrogens is 2.